The molecule has 0 aliphatic carbocycles. The molecule has 0 aliphatic rings. The summed E-state index contributed by atoms with van der Waals surface area (Å²) in [7, 11) is 0. The van der Waals surface area contributed by atoms with E-state index in [1.807, 2.05) is 0 Å². The van der Waals surface area contributed by atoms with Gasteiger partial charge in [-0.15, -0.1) is 0 Å². The molecule has 0 fully saturated rings. The third-order valence-corrected chi connectivity index (χ3v) is 3.11. The highest BCUT2D eigenvalue weighted by Gasteiger charge is 1.94. The van der Waals surface area contributed by atoms with Crippen LogP contribution in [0, 0.1) is 5.92 Å². The number of unbranched alkanes of at least 4 members (excludes halogenated alkanes) is 8. The van der Waals surface area contributed by atoms with E-state index in [4.69, 9.17) is 5.73 Å². The third-order valence-electron chi connectivity index (χ3n) is 3.11. The van der Waals surface area contributed by atoms with Gasteiger partial charge in [-0.3, -0.25) is 0 Å². The first-order chi connectivity index (χ1) is 8.27. The van der Waals surface area contributed by atoms with Gasteiger partial charge in [-0.05, 0) is 38.4 Å². The smallest absolute Gasteiger partial charge is 0.00258 e. The van der Waals surface area contributed by atoms with Crippen LogP contribution in [0.4, 0.5) is 0 Å². The summed E-state index contributed by atoms with van der Waals surface area (Å²) in [6, 6.07) is 0. The molecule has 0 amide bonds. The second-order valence-electron chi connectivity index (χ2n) is 5.57. The summed E-state index contributed by atoms with van der Waals surface area (Å²) in [5.74, 6) is 0.781. The van der Waals surface area contributed by atoms with Gasteiger partial charge in [0.25, 0.3) is 0 Å². The summed E-state index contributed by atoms with van der Waals surface area (Å²) in [5.41, 5.74) is 5.46. The zero-order valence-electron chi connectivity index (χ0n) is 12.1. The first kappa shape index (κ1) is 16.9. The highest BCUT2D eigenvalue weighted by Crippen LogP contribution is 2.09. The van der Waals surface area contributed by atoms with Crippen molar-refractivity contribution in [1.82, 2.24) is 5.32 Å². The van der Waals surface area contributed by atoms with Crippen molar-refractivity contribution in [1.29, 1.82) is 0 Å². The van der Waals surface area contributed by atoms with Gasteiger partial charge in [0.2, 0.25) is 0 Å². The summed E-state index contributed by atoms with van der Waals surface area (Å²) >= 11 is 0. The normalized spacial score (nSPS) is 11.3. The number of hydrogen-bond acceptors (Lipinski definition) is 2. The molecule has 2 nitrogen and oxygen atoms in total. The first-order valence-corrected chi connectivity index (χ1v) is 7.68. The molecule has 0 aromatic carbocycles. The van der Waals surface area contributed by atoms with Crippen molar-refractivity contribution in [3.8, 4) is 0 Å². The Morgan fingerprint density at radius 2 is 1.24 bits per heavy atom. The minimum atomic E-state index is 0.781. The van der Waals surface area contributed by atoms with Gasteiger partial charge < -0.3 is 11.1 Å². The largest absolute Gasteiger partial charge is 0.330 e. The summed E-state index contributed by atoms with van der Waals surface area (Å²) in [4.78, 5) is 0. The Kier molecular flexibility index (Phi) is 13.9. The first-order valence-electron chi connectivity index (χ1n) is 7.68. The number of rotatable bonds is 13. The molecule has 0 saturated heterocycles. The van der Waals surface area contributed by atoms with E-state index in [0.717, 1.165) is 12.5 Å². The predicted octanol–water partition coefficient (Wildman–Crippen LogP) is 3.70. The standard InChI is InChI=1S/C15H34N2/c1-15(2)14-17-13-11-9-7-5-3-4-6-8-10-12-16/h15,17H,3-14,16H2,1-2H3. The van der Waals surface area contributed by atoms with Crippen molar-refractivity contribution < 1.29 is 0 Å². The SMILES string of the molecule is CC(C)CNCCCCCCCCCCCN. The van der Waals surface area contributed by atoms with E-state index < -0.39 is 0 Å². The average Bonchev–Trinajstić information content (AvgIpc) is 2.30. The lowest BCUT2D eigenvalue weighted by atomic mass is 10.1. The maximum atomic E-state index is 5.46. The topological polar surface area (TPSA) is 38.0 Å². The van der Waals surface area contributed by atoms with Crippen LogP contribution in [0.2, 0.25) is 0 Å². The molecule has 0 saturated carbocycles. The number of nitrogens with two attached hydrogens (primary N) is 1. The minimum Gasteiger partial charge on any atom is -0.330 e. The number of hydrogen-bond donors (Lipinski definition) is 2. The van der Waals surface area contributed by atoms with Crippen molar-refractivity contribution in [2.45, 2.75) is 71.6 Å². The molecule has 0 bridgehead atoms. The Labute approximate surface area is 109 Å². The Bertz CT molecular complexity index is 135. The maximum Gasteiger partial charge on any atom is -0.00258 e. The molecular weight excluding hydrogens is 208 g/mol. The van der Waals surface area contributed by atoms with Gasteiger partial charge in [-0.1, -0.05) is 58.8 Å². The second kappa shape index (κ2) is 14.0. The van der Waals surface area contributed by atoms with Crippen LogP contribution < -0.4 is 11.1 Å². The van der Waals surface area contributed by atoms with E-state index in [0.29, 0.717) is 0 Å². The fourth-order valence-electron chi connectivity index (χ4n) is 2.02. The lowest BCUT2D eigenvalue weighted by molar-refractivity contribution is 0.516. The molecule has 2 heteroatoms. The van der Waals surface area contributed by atoms with Crippen LogP contribution in [-0.2, 0) is 0 Å². The molecule has 0 spiro atoms. The summed E-state index contributed by atoms with van der Waals surface area (Å²) in [5, 5.41) is 3.50. The van der Waals surface area contributed by atoms with E-state index in [2.05, 4.69) is 19.2 Å². The molecular formula is C15H34N2. The molecule has 0 heterocycles. The van der Waals surface area contributed by atoms with Crippen LogP contribution >= 0.6 is 0 Å². The lowest BCUT2D eigenvalue weighted by Gasteiger charge is -2.07. The van der Waals surface area contributed by atoms with Gasteiger partial charge in [0, 0.05) is 0 Å². The molecule has 0 aromatic rings. The van der Waals surface area contributed by atoms with Crippen LogP contribution in [0.15, 0.2) is 0 Å². The zero-order chi connectivity index (χ0) is 12.8. The highest BCUT2D eigenvalue weighted by molar-refractivity contribution is 4.52. The molecule has 0 unspecified atom stereocenters. The van der Waals surface area contributed by atoms with Crippen LogP contribution in [0.5, 0.6) is 0 Å². The molecule has 0 aromatic heterocycles. The van der Waals surface area contributed by atoms with Gasteiger partial charge in [0.05, 0.1) is 0 Å². The third kappa shape index (κ3) is 15.9. The van der Waals surface area contributed by atoms with Crippen LogP contribution in [-0.4, -0.2) is 19.6 Å². The monoisotopic (exact) mass is 242 g/mol. The van der Waals surface area contributed by atoms with Gasteiger partial charge >= 0.3 is 0 Å². The highest BCUT2D eigenvalue weighted by atomic mass is 14.8. The Morgan fingerprint density at radius 3 is 1.71 bits per heavy atom. The minimum absolute atomic E-state index is 0.781. The second-order valence-corrected chi connectivity index (χ2v) is 5.57. The van der Waals surface area contributed by atoms with Gasteiger partial charge in [-0.2, -0.15) is 0 Å². The van der Waals surface area contributed by atoms with E-state index in [9.17, 15) is 0 Å². The molecule has 3 N–H and O–H groups in total. The maximum absolute atomic E-state index is 5.46. The van der Waals surface area contributed by atoms with Gasteiger partial charge in [0.1, 0.15) is 0 Å². The van der Waals surface area contributed by atoms with Crippen molar-refractivity contribution in [2.75, 3.05) is 19.6 Å². The van der Waals surface area contributed by atoms with Crippen LogP contribution in [0.1, 0.15) is 71.6 Å². The Hall–Kier alpha value is -0.0800. The fraction of sp³-hybridized carbons (Fsp3) is 1.00. The van der Waals surface area contributed by atoms with Crippen molar-refractivity contribution in [3.05, 3.63) is 0 Å². The van der Waals surface area contributed by atoms with E-state index in [-0.39, 0.29) is 0 Å². The molecule has 0 atom stereocenters. The molecule has 0 radical (unpaired) electrons. The quantitative estimate of drug-likeness (QED) is 0.483. The van der Waals surface area contributed by atoms with Gasteiger partial charge in [-0.25, -0.2) is 0 Å². The van der Waals surface area contributed by atoms with Crippen molar-refractivity contribution in [2.24, 2.45) is 11.7 Å². The van der Waals surface area contributed by atoms with E-state index >= 15 is 0 Å². The molecule has 17 heavy (non-hydrogen) atoms. The summed E-state index contributed by atoms with van der Waals surface area (Å²) in [6.07, 6.45) is 12.3. The molecule has 0 aliphatic heterocycles. The zero-order valence-corrected chi connectivity index (χ0v) is 12.1. The van der Waals surface area contributed by atoms with Crippen molar-refractivity contribution in [3.63, 3.8) is 0 Å². The van der Waals surface area contributed by atoms with Crippen molar-refractivity contribution >= 4 is 0 Å². The van der Waals surface area contributed by atoms with E-state index in [1.165, 1.54) is 70.9 Å². The van der Waals surface area contributed by atoms with Crippen LogP contribution in [0.3, 0.4) is 0 Å². The predicted molar refractivity (Wildman–Crippen MR) is 78.3 cm³/mol. The Balaban J connectivity index is 2.89. The molecule has 104 valence electrons. The summed E-state index contributed by atoms with van der Waals surface area (Å²) < 4.78 is 0. The number of nitrogens with one attached hydrogen (secondary N) is 1. The summed E-state index contributed by atoms with van der Waals surface area (Å²) in [6.45, 7) is 7.76. The lowest BCUT2D eigenvalue weighted by Crippen LogP contribution is -2.20. The average molecular weight is 242 g/mol. The Morgan fingerprint density at radius 1 is 0.765 bits per heavy atom. The van der Waals surface area contributed by atoms with Gasteiger partial charge in [0.15, 0.2) is 0 Å². The van der Waals surface area contributed by atoms with E-state index in [1.54, 1.807) is 0 Å². The fourth-order valence-corrected chi connectivity index (χ4v) is 2.02. The van der Waals surface area contributed by atoms with Crippen LogP contribution in [0.25, 0.3) is 0 Å². The molecule has 0 rings (SSSR count).